The van der Waals surface area contributed by atoms with Gasteiger partial charge in [-0.25, -0.2) is 9.37 Å². The van der Waals surface area contributed by atoms with E-state index in [0.29, 0.717) is 19.0 Å². The molecule has 154 valence electrons. The molecule has 1 saturated heterocycles. The van der Waals surface area contributed by atoms with Crippen molar-refractivity contribution >= 4 is 23.5 Å². The highest BCUT2D eigenvalue weighted by atomic mass is 19.1. The van der Waals surface area contributed by atoms with Crippen molar-refractivity contribution in [2.24, 2.45) is 0 Å². The molecule has 8 nitrogen and oxygen atoms in total. The molecule has 1 amide bonds. The number of nitrogens with two attached hydrogens (primary N) is 1. The average molecular weight is 401 g/mol. The minimum atomic E-state index is -0.510. The summed E-state index contributed by atoms with van der Waals surface area (Å²) in [7, 11) is 1.41. The lowest BCUT2D eigenvalue weighted by atomic mass is 9.98. The summed E-state index contributed by atoms with van der Waals surface area (Å²) in [6.45, 7) is 4.39. The summed E-state index contributed by atoms with van der Waals surface area (Å²) in [5.74, 6) is -0.383. The van der Waals surface area contributed by atoms with Gasteiger partial charge < -0.3 is 20.7 Å². The van der Waals surface area contributed by atoms with E-state index >= 15 is 0 Å². The second kappa shape index (κ2) is 8.42. The van der Waals surface area contributed by atoms with Crippen molar-refractivity contribution in [2.75, 3.05) is 31.2 Å². The zero-order valence-electron chi connectivity index (χ0n) is 16.7. The normalized spacial score (nSPS) is 14.6. The van der Waals surface area contributed by atoms with Crippen LogP contribution in [0.1, 0.15) is 41.3 Å². The molecule has 0 saturated carbocycles. The van der Waals surface area contributed by atoms with Crippen LogP contribution in [-0.4, -0.2) is 52.8 Å². The van der Waals surface area contributed by atoms with Crippen LogP contribution in [0.25, 0.3) is 0 Å². The summed E-state index contributed by atoms with van der Waals surface area (Å²) in [5, 5.41) is 3.19. The molecule has 9 heteroatoms. The number of nitrogen functional groups attached to an aromatic ring is 1. The Morgan fingerprint density at radius 2 is 2.00 bits per heavy atom. The molecule has 1 aliphatic heterocycles. The van der Waals surface area contributed by atoms with Crippen molar-refractivity contribution in [1.82, 2.24) is 14.9 Å². The van der Waals surface area contributed by atoms with Crippen LogP contribution < -0.4 is 15.8 Å². The quantitative estimate of drug-likeness (QED) is 0.739. The molecule has 0 spiro atoms. The van der Waals surface area contributed by atoms with Crippen molar-refractivity contribution in [3.05, 3.63) is 40.8 Å². The second-order valence-electron chi connectivity index (χ2n) is 7.00. The summed E-state index contributed by atoms with van der Waals surface area (Å²) in [5.41, 5.74) is 6.36. The van der Waals surface area contributed by atoms with Gasteiger partial charge in [0.05, 0.1) is 18.2 Å². The number of ketones is 1. The molecule has 1 aromatic heterocycles. The van der Waals surface area contributed by atoms with E-state index in [-0.39, 0.29) is 40.2 Å². The van der Waals surface area contributed by atoms with Crippen molar-refractivity contribution in [3.63, 3.8) is 0 Å². The zero-order valence-corrected chi connectivity index (χ0v) is 16.7. The number of nitrogens with one attached hydrogen (secondary N) is 1. The number of aromatic nitrogens is 2. The van der Waals surface area contributed by atoms with Crippen LogP contribution in [-0.2, 0) is 4.79 Å². The van der Waals surface area contributed by atoms with Gasteiger partial charge in [0.1, 0.15) is 17.4 Å². The number of halogens is 1. The van der Waals surface area contributed by atoms with Gasteiger partial charge in [0.2, 0.25) is 17.6 Å². The Hall–Kier alpha value is -3.23. The molecule has 0 unspecified atom stereocenters. The molecule has 0 atom stereocenters. The first-order chi connectivity index (χ1) is 13.8. The van der Waals surface area contributed by atoms with Crippen molar-refractivity contribution in [3.8, 4) is 5.75 Å². The second-order valence-corrected chi connectivity index (χ2v) is 7.00. The number of piperidine rings is 1. The van der Waals surface area contributed by atoms with Crippen LogP contribution in [0, 0.1) is 12.7 Å². The molecule has 2 aromatic rings. The molecule has 3 rings (SSSR count). The number of likely N-dealkylation sites (tertiary alicyclic amines) is 1. The Kier molecular flexibility index (Phi) is 5.95. The van der Waals surface area contributed by atoms with E-state index in [1.807, 2.05) is 0 Å². The van der Waals surface area contributed by atoms with Crippen molar-refractivity contribution in [2.45, 2.75) is 32.7 Å². The lowest BCUT2D eigenvalue weighted by molar-refractivity contribution is -0.129. The van der Waals surface area contributed by atoms with Gasteiger partial charge in [-0.3, -0.25) is 9.59 Å². The molecule has 2 heterocycles. The third-order valence-electron chi connectivity index (χ3n) is 5.14. The van der Waals surface area contributed by atoms with Crippen LogP contribution in [0.15, 0.2) is 18.3 Å². The highest BCUT2D eigenvalue weighted by molar-refractivity contribution is 6.14. The van der Waals surface area contributed by atoms with Crippen LogP contribution in [0.4, 0.5) is 16.2 Å². The summed E-state index contributed by atoms with van der Waals surface area (Å²) < 4.78 is 19.2. The van der Waals surface area contributed by atoms with E-state index in [1.54, 1.807) is 11.8 Å². The summed E-state index contributed by atoms with van der Waals surface area (Å²) in [4.78, 5) is 34.6. The average Bonchev–Trinajstić information content (AvgIpc) is 2.70. The lowest BCUT2D eigenvalue weighted by Gasteiger charge is -2.31. The molecule has 0 aliphatic carbocycles. The molecular formula is C20H24FN5O3. The van der Waals surface area contributed by atoms with E-state index in [1.165, 1.54) is 32.4 Å². The number of carbonyl (C=O) groups excluding carboxylic acids is 2. The summed E-state index contributed by atoms with van der Waals surface area (Å²) in [6.07, 6.45) is 2.87. The minimum absolute atomic E-state index is 0.000568. The molecule has 1 aromatic carbocycles. The van der Waals surface area contributed by atoms with Gasteiger partial charge in [-0.15, -0.1) is 0 Å². The van der Waals surface area contributed by atoms with E-state index in [2.05, 4.69) is 15.3 Å². The Labute approximate surface area is 168 Å². The Morgan fingerprint density at radius 3 is 2.59 bits per heavy atom. The highest BCUT2D eigenvalue weighted by Crippen LogP contribution is 2.28. The first kappa shape index (κ1) is 20.5. The first-order valence-electron chi connectivity index (χ1n) is 9.34. The van der Waals surface area contributed by atoms with Gasteiger partial charge in [0.25, 0.3) is 0 Å². The van der Waals surface area contributed by atoms with Gasteiger partial charge >= 0.3 is 0 Å². The SMILES string of the molecule is COc1ccc(F)c(C)c1C(=O)c1cnc(NC2CCN(C(C)=O)CC2)nc1N. The van der Waals surface area contributed by atoms with Gasteiger partial charge in [-0.2, -0.15) is 4.98 Å². The van der Waals surface area contributed by atoms with Gasteiger partial charge in [0, 0.05) is 32.3 Å². The predicted molar refractivity (Wildman–Crippen MR) is 106 cm³/mol. The number of amides is 1. The lowest BCUT2D eigenvalue weighted by Crippen LogP contribution is -2.41. The number of nitrogens with zero attached hydrogens (tertiary/aromatic N) is 3. The maximum atomic E-state index is 14.0. The Bertz CT molecular complexity index is 942. The topological polar surface area (TPSA) is 110 Å². The molecule has 0 bridgehead atoms. The fourth-order valence-corrected chi connectivity index (χ4v) is 3.41. The summed E-state index contributed by atoms with van der Waals surface area (Å²) >= 11 is 0. The fourth-order valence-electron chi connectivity index (χ4n) is 3.41. The van der Waals surface area contributed by atoms with E-state index in [0.717, 1.165) is 12.8 Å². The van der Waals surface area contributed by atoms with Crippen molar-refractivity contribution in [1.29, 1.82) is 0 Å². The largest absolute Gasteiger partial charge is 0.496 e. The van der Waals surface area contributed by atoms with E-state index < -0.39 is 11.6 Å². The highest BCUT2D eigenvalue weighted by Gasteiger charge is 2.24. The third-order valence-corrected chi connectivity index (χ3v) is 5.14. The van der Waals surface area contributed by atoms with Gasteiger partial charge in [-0.1, -0.05) is 0 Å². The first-order valence-corrected chi connectivity index (χ1v) is 9.34. The number of carbonyl (C=O) groups is 2. The molecular weight excluding hydrogens is 377 g/mol. The van der Waals surface area contributed by atoms with Crippen LogP contribution in [0.3, 0.4) is 0 Å². The zero-order chi connectivity index (χ0) is 21.1. The minimum Gasteiger partial charge on any atom is -0.496 e. The van der Waals surface area contributed by atoms with E-state index in [9.17, 15) is 14.0 Å². The number of ether oxygens (including phenoxy) is 1. The number of anilines is 2. The van der Waals surface area contributed by atoms with Crippen LogP contribution >= 0.6 is 0 Å². The number of benzene rings is 1. The number of hydrogen-bond acceptors (Lipinski definition) is 7. The molecule has 29 heavy (non-hydrogen) atoms. The Balaban J connectivity index is 1.78. The maximum absolute atomic E-state index is 14.0. The summed E-state index contributed by atoms with van der Waals surface area (Å²) in [6, 6.07) is 2.75. The molecule has 1 aliphatic rings. The smallest absolute Gasteiger partial charge is 0.224 e. The van der Waals surface area contributed by atoms with Gasteiger partial charge in [0.15, 0.2) is 0 Å². The maximum Gasteiger partial charge on any atom is 0.224 e. The monoisotopic (exact) mass is 401 g/mol. The number of methoxy groups -OCH3 is 1. The molecule has 1 fully saturated rings. The Morgan fingerprint density at radius 1 is 1.31 bits per heavy atom. The number of rotatable bonds is 5. The fraction of sp³-hybridized carbons (Fsp3) is 0.400. The van der Waals surface area contributed by atoms with E-state index in [4.69, 9.17) is 10.5 Å². The third kappa shape index (κ3) is 4.28. The van der Waals surface area contributed by atoms with Crippen molar-refractivity contribution < 1.29 is 18.7 Å². The molecule has 0 radical (unpaired) electrons. The van der Waals surface area contributed by atoms with Crippen LogP contribution in [0.5, 0.6) is 5.75 Å². The number of hydrogen-bond donors (Lipinski definition) is 2. The standard InChI is InChI=1S/C20H24FN5O3/c1-11-15(21)4-5-16(29-3)17(11)18(28)14-10-23-20(25-19(14)22)24-13-6-8-26(9-7-13)12(2)27/h4-5,10,13H,6-9H2,1-3H3,(H3,22,23,24,25). The van der Waals surface area contributed by atoms with Gasteiger partial charge in [-0.05, 0) is 37.5 Å². The molecule has 3 N–H and O–H groups in total. The van der Waals surface area contributed by atoms with Crippen LogP contribution in [0.2, 0.25) is 0 Å². The predicted octanol–water partition coefficient (Wildman–Crippen LogP) is 2.17.